The number of aromatic nitrogens is 2. The predicted octanol–water partition coefficient (Wildman–Crippen LogP) is 4.03. The highest BCUT2D eigenvalue weighted by Crippen LogP contribution is 2.20. The molecular weight excluding hydrogens is 374 g/mol. The molecule has 0 bridgehead atoms. The van der Waals surface area contributed by atoms with Gasteiger partial charge < -0.3 is 4.52 Å². The van der Waals surface area contributed by atoms with Gasteiger partial charge in [-0.2, -0.15) is 4.98 Å². The Labute approximate surface area is 166 Å². The maximum atomic E-state index is 12.8. The highest BCUT2D eigenvalue weighted by Gasteiger charge is 2.21. The first-order chi connectivity index (χ1) is 13.3. The molecule has 28 heavy (non-hydrogen) atoms. The number of benzene rings is 2. The lowest BCUT2D eigenvalue weighted by Crippen LogP contribution is -2.29. The molecule has 1 aromatic heterocycles. The van der Waals surface area contributed by atoms with Crippen LogP contribution in [-0.2, 0) is 16.4 Å². The van der Waals surface area contributed by atoms with Crippen LogP contribution in [0, 0.1) is 6.92 Å². The summed E-state index contributed by atoms with van der Waals surface area (Å²) in [5.41, 5.74) is 3.10. The molecule has 7 heteroatoms. The second kappa shape index (κ2) is 8.24. The van der Waals surface area contributed by atoms with Crippen LogP contribution in [0.15, 0.2) is 57.9 Å². The van der Waals surface area contributed by atoms with Crippen LogP contribution in [0.4, 0.5) is 0 Å². The van der Waals surface area contributed by atoms with Crippen LogP contribution in [0.2, 0.25) is 0 Å². The average Bonchev–Trinajstić information content (AvgIpc) is 3.15. The van der Waals surface area contributed by atoms with E-state index in [1.807, 2.05) is 43.3 Å². The van der Waals surface area contributed by atoms with E-state index in [9.17, 15) is 8.42 Å². The van der Waals surface area contributed by atoms with E-state index in [4.69, 9.17) is 4.52 Å². The van der Waals surface area contributed by atoms with Gasteiger partial charge in [0.05, 0.1) is 4.90 Å². The van der Waals surface area contributed by atoms with Crippen LogP contribution >= 0.6 is 0 Å². The summed E-state index contributed by atoms with van der Waals surface area (Å²) in [4.78, 5) is 4.65. The molecule has 0 N–H and O–H groups in total. The van der Waals surface area contributed by atoms with Crippen molar-refractivity contribution in [1.29, 1.82) is 0 Å². The molecule has 0 atom stereocenters. The fourth-order valence-electron chi connectivity index (χ4n) is 2.75. The van der Waals surface area contributed by atoms with Crippen molar-refractivity contribution in [3.8, 4) is 11.5 Å². The number of hydrogen-bond donors (Lipinski definition) is 0. The molecule has 3 rings (SSSR count). The van der Waals surface area contributed by atoms with Gasteiger partial charge in [-0.1, -0.05) is 48.8 Å². The molecule has 1 heterocycles. The fourth-order valence-corrected chi connectivity index (χ4v) is 3.92. The van der Waals surface area contributed by atoms with Crippen LogP contribution in [0.25, 0.3) is 11.5 Å². The molecule has 0 aliphatic rings. The second-order valence-electron chi connectivity index (χ2n) is 7.18. The SMILES string of the molecule is Cc1ccc(-c2nc(CCN(C)S(=O)(=O)c3ccc(C(C)C)cc3)no2)cc1. The Morgan fingerprint density at radius 2 is 1.68 bits per heavy atom. The highest BCUT2D eigenvalue weighted by atomic mass is 32.2. The summed E-state index contributed by atoms with van der Waals surface area (Å²) >= 11 is 0. The lowest BCUT2D eigenvalue weighted by Gasteiger charge is -2.17. The highest BCUT2D eigenvalue weighted by molar-refractivity contribution is 7.89. The van der Waals surface area contributed by atoms with Gasteiger partial charge in [-0.15, -0.1) is 0 Å². The Kier molecular flexibility index (Phi) is 5.96. The Bertz CT molecular complexity index is 1020. The average molecular weight is 400 g/mol. The van der Waals surface area contributed by atoms with Crippen molar-refractivity contribution >= 4 is 10.0 Å². The van der Waals surface area contributed by atoms with Crippen molar-refractivity contribution < 1.29 is 12.9 Å². The van der Waals surface area contributed by atoms with E-state index in [2.05, 4.69) is 24.0 Å². The molecule has 0 spiro atoms. The number of aryl methyl sites for hydroxylation is 1. The fraction of sp³-hybridized carbons (Fsp3) is 0.333. The summed E-state index contributed by atoms with van der Waals surface area (Å²) in [6, 6.07) is 14.8. The molecule has 0 amide bonds. The molecule has 6 nitrogen and oxygen atoms in total. The third kappa shape index (κ3) is 4.48. The number of nitrogens with zero attached hydrogens (tertiary/aromatic N) is 3. The Hall–Kier alpha value is -2.51. The molecule has 0 aliphatic heterocycles. The van der Waals surface area contributed by atoms with Gasteiger partial charge in [-0.05, 0) is 42.7 Å². The zero-order valence-corrected chi connectivity index (χ0v) is 17.4. The van der Waals surface area contributed by atoms with E-state index in [0.29, 0.717) is 24.1 Å². The van der Waals surface area contributed by atoms with E-state index in [1.54, 1.807) is 19.2 Å². The molecule has 0 radical (unpaired) electrons. The van der Waals surface area contributed by atoms with Gasteiger partial charge in [-0.25, -0.2) is 12.7 Å². The Morgan fingerprint density at radius 1 is 1.04 bits per heavy atom. The molecule has 0 unspecified atom stereocenters. The van der Waals surface area contributed by atoms with Crippen molar-refractivity contribution in [2.24, 2.45) is 0 Å². The summed E-state index contributed by atoms with van der Waals surface area (Å²) in [5, 5.41) is 3.97. The summed E-state index contributed by atoms with van der Waals surface area (Å²) < 4.78 is 32.1. The van der Waals surface area contributed by atoms with Crippen molar-refractivity contribution in [2.45, 2.75) is 38.0 Å². The minimum absolute atomic E-state index is 0.265. The largest absolute Gasteiger partial charge is 0.334 e. The molecule has 2 aromatic carbocycles. The van der Waals surface area contributed by atoms with Crippen molar-refractivity contribution in [2.75, 3.05) is 13.6 Å². The quantitative estimate of drug-likeness (QED) is 0.599. The van der Waals surface area contributed by atoms with Crippen LogP contribution in [0.3, 0.4) is 0 Å². The minimum atomic E-state index is -3.55. The number of likely N-dealkylation sites (N-methyl/N-ethyl adjacent to an activating group) is 1. The lowest BCUT2D eigenvalue weighted by molar-refractivity contribution is 0.415. The monoisotopic (exact) mass is 399 g/mol. The van der Waals surface area contributed by atoms with E-state index in [1.165, 1.54) is 4.31 Å². The third-order valence-electron chi connectivity index (χ3n) is 4.67. The molecule has 0 fully saturated rings. The molecular formula is C21H25N3O3S. The van der Waals surface area contributed by atoms with Gasteiger partial charge >= 0.3 is 0 Å². The summed E-state index contributed by atoms with van der Waals surface area (Å²) in [6.45, 7) is 6.42. The Balaban J connectivity index is 1.66. The summed E-state index contributed by atoms with van der Waals surface area (Å²) in [7, 11) is -1.99. The second-order valence-corrected chi connectivity index (χ2v) is 9.23. The van der Waals surface area contributed by atoms with Crippen molar-refractivity contribution in [3.05, 3.63) is 65.5 Å². The van der Waals surface area contributed by atoms with Crippen molar-refractivity contribution in [3.63, 3.8) is 0 Å². The predicted molar refractivity (Wildman–Crippen MR) is 109 cm³/mol. The Morgan fingerprint density at radius 3 is 2.29 bits per heavy atom. The van der Waals surface area contributed by atoms with Crippen LogP contribution in [-0.4, -0.2) is 36.5 Å². The van der Waals surface area contributed by atoms with Crippen LogP contribution in [0.1, 0.15) is 36.7 Å². The van der Waals surface area contributed by atoms with Gasteiger partial charge in [0.15, 0.2) is 5.82 Å². The van der Waals surface area contributed by atoms with E-state index >= 15 is 0 Å². The first-order valence-electron chi connectivity index (χ1n) is 9.23. The topological polar surface area (TPSA) is 76.3 Å². The normalized spacial score (nSPS) is 12.1. The molecule has 0 aliphatic carbocycles. The van der Waals surface area contributed by atoms with Gasteiger partial charge in [0.2, 0.25) is 10.0 Å². The van der Waals surface area contributed by atoms with E-state index in [0.717, 1.165) is 16.7 Å². The van der Waals surface area contributed by atoms with Crippen molar-refractivity contribution in [1.82, 2.24) is 14.4 Å². The van der Waals surface area contributed by atoms with Crippen LogP contribution in [0.5, 0.6) is 0 Å². The van der Waals surface area contributed by atoms with E-state index in [-0.39, 0.29) is 11.4 Å². The third-order valence-corrected chi connectivity index (χ3v) is 6.54. The number of hydrogen-bond acceptors (Lipinski definition) is 5. The first kappa shape index (κ1) is 20.2. The van der Waals surface area contributed by atoms with Gasteiger partial charge in [0.1, 0.15) is 0 Å². The smallest absolute Gasteiger partial charge is 0.257 e. The van der Waals surface area contributed by atoms with Crippen LogP contribution < -0.4 is 0 Å². The van der Waals surface area contributed by atoms with Gasteiger partial charge in [0, 0.05) is 25.6 Å². The standard InChI is InChI=1S/C21H25N3O3S/c1-15(2)17-9-11-19(12-10-17)28(25,26)24(4)14-13-20-22-21(27-23-20)18-7-5-16(3)6-8-18/h5-12,15H,13-14H2,1-4H3. The molecule has 0 saturated carbocycles. The zero-order valence-electron chi connectivity index (χ0n) is 16.6. The number of sulfonamides is 1. The molecule has 0 saturated heterocycles. The minimum Gasteiger partial charge on any atom is -0.334 e. The summed E-state index contributed by atoms with van der Waals surface area (Å²) in [6.07, 6.45) is 0.370. The maximum absolute atomic E-state index is 12.8. The zero-order chi connectivity index (χ0) is 20.3. The number of rotatable bonds is 7. The molecule has 148 valence electrons. The summed E-state index contributed by atoms with van der Waals surface area (Å²) in [5.74, 6) is 1.27. The molecule has 3 aromatic rings. The van der Waals surface area contributed by atoms with E-state index < -0.39 is 10.0 Å². The van der Waals surface area contributed by atoms with Gasteiger partial charge in [-0.3, -0.25) is 0 Å². The lowest BCUT2D eigenvalue weighted by atomic mass is 10.0. The maximum Gasteiger partial charge on any atom is 0.257 e. The first-order valence-corrected chi connectivity index (χ1v) is 10.7. The van der Waals surface area contributed by atoms with Gasteiger partial charge in [0.25, 0.3) is 5.89 Å².